The molecule has 1 N–H and O–H groups in total. The van der Waals surface area contributed by atoms with Crippen LogP contribution in [0.25, 0.3) is 0 Å². The van der Waals surface area contributed by atoms with Crippen LogP contribution in [-0.4, -0.2) is 11.5 Å². The molecule has 1 heterocycles. The Morgan fingerprint density at radius 1 is 1.19 bits per heavy atom. The lowest BCUT2D eigenvalue weighted by atomic mass is 10.00. The molecule has 0 aliphatic rings. The predicted octanol–water partition coefficient (Wildman–Crippen LogP) is 4.03. The van der Waals surface area contributed by atoms with Crippen LogP contribution in [0.2, 0.25) is 0 Å². The Morgan fingerprint density at radius 2 is 2.05 bits per heavy atom. The molecule has 4 heteroatoms. The van der Waals surface area contributed by atoms with Crippen LogP contribution in [0.15, 0.2) is 42.6 Å². The van der Waals surface area contributed by atoms with Crippen molar-refractivity contribution in [3.8, 4) is 0 Å². The van der Waals surface area contributed by atoms with E-state index in [1.54, 1.807) is 6.20 Å². The molecule has 21 heavy (non-hydrogen) atoms. The largest absolute Gasteiger partial charge is 0.310 e. The third kappa shape index (κ3) is 4.60. The Labute approximate surface area is 124 Å². The van der Waals surface area contributed by atoms with Crippen LogP contribution in [0.3, 0.4) is 0 Å². The van der Waals surface area contributed by atoms with Gasteiger partial charge in [0, 0.05) is 29.6 Å². The van der Waals surface area contributed by atoms with Crippen LogP contribution in [0.1, 0.15) is 37.1 Å². The summed E-state index contributed by atoms with van der Waals surface area (Å²) >= 11 is 0. The molecule has 0 saturated heterocycles. The second kappa shape index (κ2) is 7.84. The molecular formula is C17H20F2N2. The Bertz CT molecular complexity index is 558. The fraction of sp³-hybridized carbons (Fsp3) is 0.353. The van der Waals surface area contributed by atoms with Gasteiger partial charge in [-0.05, 0) is 44.0 Å². The highest BCUT2D eigenvalue weighted by atomic mass is 19.1. The van der Waals surface area contributed by atoms with Gasteiger partial charge in [0.15, 0.2) is 0 Å². The summed E-state index contributed by atoms with van der Waals surface area (Å²) < 4.78 is 27.0. The van der Waals surface area contributed by atoms with Gasteiger partial charge in [-0.3, -0.25) is 4.98 Å². The number of aryl methyl sites for hydroxylation is 1. The summed E-state index contributed by atoms with van der Waals surface area (Å²) in [5.74, 6) is -1.04. The van der Waals surface area contributed by atoms with Crippen molar-refractivity contribution in [1.82, 2.24) is 10.3 Å². The number of halogens is 2. The highest BCUT2D eigenvalue weighted by molar-refractivity contribution is 5.22. The van der Waals surface area contributed by atoms with Crippen LogP contribution >= 0.6 is 0 Å². The standard InChI is InChI=1S/C17H20F2N2/c1-2-10-21-17(9-7-14-5-3-4-11-20-14)15-8-6-13(18)12-16(15)19/h3-6,8,11-12,17,21H,2,7,9-10H2,1H3. The first-order valence-corrected chi connectivity index (χ1v) is 7.29. The number of nitrogens with one attached hydrogen (secondary N) is 1. The van der Waals surface area contributed by atoms with Crippen molar-refractivity contribution in [3.63, 3.8) is 0 Å². The number of benzene rings is 1. The molecule has 0 spiro atoms. The maximum Gasteiger partial charge on any atom is 0.130 e. The Hall–Kier alpha value is -1.81. The van der Waals surface area contributed by atoms with Crippen molar-refractivity contribution in [2.45, 2.75) is 32.2 Å². The Balaban J connectivity index is 2.10. The molecule has 0 fully saturated rings. The molecule has 0 aliphatic carbocycles. The van der Waals surface area contributed by atoms with E-state index < -0.39 is 11.6 Å². The van der Waals surface area contributed by atoms with E-state index in [1.807, 2.05) is 18.2 Å². The van der Waals surface area contributed by atoms with E-state index in [2.05, 4.69) is 17.2 Å². The number of nitrogens with zero attached hydrogens (tertiary/aromatic N) is 1. The van der Waals surface area contributed by atoms with Crippen molar-refractivity contribution in [2.75, 3.05) is 6.54 Å². The van der Waals surface area contributed by atoms with E-state index in [1.165, 1.54) is 12.1 Å². The van der Waals surface area contributed by atoms with Crippen molar-refractivity contribution < 1.29 is 8.78 Å². The van der Waals surface area contributed by atoms with Gasteiger partial charge < -0.3 is 5.32 Å². The molecule has 112 valence electrons. The predicted molar refractivity (Wildman–Crippen MR) is 80.0 cm³/mol. The summed E-state index contributed by atoms with van der Waals surface area (Å²) in [5.41, 5.74) is 1.49. The molecule has 1 aromatic carbocycles. The molecule has 0 amide bonds. The normalized spacial score (nSPS) is 12.3. The van der Waals surface area contributed by atoms with Gasteiger partial charge in [0.1, 0.15) is 11.6 Å². The van der Waals surface area contributed by atoms with E-state index in [9.17, 15) is 8.78 Å². The van der Waals surface area contributed by atoms with E-state index in [0.29, 0.717) is 5.56 Å². The van der Waals surface area contributed by atoms with Crippen molar-refractivity contribution >= 4 is 0 Å². The quantitative estimate of drug-likeness (QED) is 0.832. The molecule has 0 radical (unpaired) electrons. The van der Waals surface area contributed by atoms with Gasteiger partial charge in [0.2, 0.25) is 0 Å². The van der Waals surface area contributed by atoms with Crippen LogP contribution in [0.5, 0.6) is 0 Å². The fourth-order valence-electron chi connectivity index (χ4n) is 2.31. The summed E-state index contributed by atoms with van der Waals surface area (Å²) in [6.07, 6.45) is 4.18. The zero-order valence-electron chi connectivity index (χ0n) is 12.2. The van der Waals surface area contributed by atoms with Gasteiger partial charge >= 0.3 is 0 Å². The highest BCUT2D eigenvalue weighted by Gasteiger charge is 2.16. The maximum atomic E-state index is 14.0. The number of rotatable bonds is 7. The second-order valence-electron chi connectivity index (χ2n) is 5.03. The second-order valence-corrected chi connectivity index (χ2v) is 5.03. The first kappa shape index (κ1) is 15.6. The van der Waals surface area contributed by atoms with Crippen molar-refractivity contribution in [1.29, 1.82) is 0 Å². The van der Waals surface area contributed by atoms with Gasteiger partial charge in [-0.25, -0.2) is 8.78 Å². The van der Waals surface area contributed by atoms with E-state index in [4.69, 9.17) is 0 Å². The molecule has 2 rings (SSSR count). The van der Waals surface area contributed by atoms with Gasteiger partial charge in [0.05, 0.1) is 0 Å². The third-order valence-electron chi connectivity index (χ3n) is 3.39. The zero-order valence-corrected chi connectivity index (χ0v) is 12.2. The summed E-state index contributed by atoms with van der Waals surface area (Å²) in [4.78, 5) is 4.28. The van der Waals surface area contributed by atoms with Crippen LogP contribution < -0.4 is 5.32 Å². The SMILES string of the molecule is CCCNC(CCc1ccccn1)c1ccc(F)cc1F. The van der Waals surface area contributed by atoms with E-state index in [-0.39, 0.29) is 6.04 Å². The lowest BCUT2D eigenvalue weighted by Gasteiger charge is -2.19. The summed E-state index contributed by atoms with van der Waals surface area (Å²) in [5, 5.41) is 3.33. The minimum Gasteiger partial charge on any atom is -0.310 e. The topological polar surface area (TPSA) is 24.9 Å². The summed E-state index contributed by atoms with van der Waals surface area (Å²) in [7, 11) is 0. The molecule has 2 nitrogen and oxygen atoms in total. The Morgan fingerprint density at radius 3 is 2.71 bits per heavy atom. The van der Waals surface area contributed by atoms with Crippen LogP contribution in [0.4, 0.5) is 8.78 Å². The fourth-order valence-corrected chi connectivity index (χ4v) is 2.31. The average molecular weight is 290 g/mol. The third-order valence-corrected chi connectivity index (χ3v) is 3.39. The lowest BCUT2D eigenvalue weighted by Crippen LogP contribution is -2.24. The molecule has 0 saturated carbocycles. The van der Waals surface area contributed by atoms with Crippen LogP contribution in [-0.2, 0) is 6.42 Å². The minimum atomic E-state index is -0.546. The summed E-state index contributed by atoms with van der Waals surface area (Å²) in [6, 6.07) is 9.41. The molecule has 1 unspecified atom stereocenters. The molecule has 0 bridgehead atoms. The molecule has 0 aliphatic heterocycles. The monoisotopic (exact) mass is 290 g/mol. The minimum absolute atomic E-state index is 0.132. The number of hydrogen-bond donors (Lipinski definition) is 1. The van der Waals surface area contributed by atoms with Gasteiger partial charge in [-0.15, -0.1) is 0 Å². The van der Waals surface area contributed by atoms with E-state index in [0.717, 1.165) is 37.6 Å². The zero-order chi connectivity index (χ0) is 15.1. The summed E-state index contributed by atoms with van der Waals surface area (Å²) in [6.45, 7) is 2.85. The highest BCUT2D eigenvalue weighted by Crippen LogP contribution is 2.22. The van der Waals surface area contributed by atoms with Crippen molar-refractivity contribution in [2.24, 2.45) is 0 Å². The van der Waals surface area contributed by atoms with Gasteiger partial charge in [-0.2, -0.15) is 0 Å². The van der Waals surface area contributed by atoms with Gasteiger partial charge in [0.25, 0.3) is 0 Å². The number of aromatic nitrogens is 1. The number of pyridine rings is 1. The maximum absolute atomic E-state index is 14.0. The first-order chi connectivity index (χ1) is 10.2. The smallest absolute Gasteiger partial charge is 0.130 e. The van der Waals surface area contributed by atoms with E-state index >= 15 is 0 Å². The molecule has 1 aromatic heterocycles. The van der Waals surface area contributed by atoms with Gasteiger partial charge in [-0.1, -0.05) is 19.1 Å². The van der Waals surface area contributed by atoms with Crippen molar-refractivity contribution in [3.05, 3.63) is 65.5 Å². The molecular weight excluding hydrogens is 270 g/mol. The Kier molecular flexibility index (Phi) is 5.81. The number of hydrogen-bond acceptors (Lipinski definition) is 2. The first-order valence-electron chi connectivity index (χ1n) is 7.29. The lowest BCUT2D eigenvalue weighted by molar-refractivity contribution is 0.468. The average Bonchev–Trinajstić information content (AvgIpc) is 2.49. The van der Waals surface area contributed by atoms with Crippen LogP contribution in [0, 0.1) is 11.6 Å². The molecule has 2 aromatic rings. The molecule has 1 atom stereocenters.